The van der Waals surface area contributed by atoms with Gasteiger partial charge in [0.1, 0.15) is 29.1 Å². The van der Waals surface area contributed by atoms with E-state index < -0.39 is 39.7 Å². The third-order valence-corrected chi connectivity index (χ3v) is 15.1. The molecular weight excluding hydrogens is 946 g/mol. The number of hydrogen-bond donors (Lipinski definition) is 7. The third-order valence-electron chi connectivity index (χ3n) is 11.4. The molecule has 354 valence electrons. The van der Waals surface area contributed by atoms with E-state index in [0.717, 1.165) is 12.8 Å². The maximum Gasteiger partial charge on any atom is 0.411 e. The molecule has 67 heavy (non-hydrogen) atoms. The smallest absolute Gasteiger partial charge is 0.411 e. The lowest BCUT2D eigenvalue weighted by Gasteiger charge is -2.35. The monoisotopic (exact) mass is 993 g/mol. The lowest BCUT2D eigenvalue weighted by atomic mass is 9.91. The van der Waals surface area contributed by atoms with Crippen LogP contribution in [0.3, 0.4) is 0 Å². The Balaban J connectivity index is 0.000000478. The fourth-order valence-corrected chi connectivity index (χ4v) is 11.0. The molecular formula is C46H48ClN5O12S3. The first-order valence-corrected chi connectivity index (χ1v) is 24.6. The van der Waals surface area contributed by atoms with Gasteiger partial charge in [-0.2, -0.15) is 0 Å². The number of benzene rings is 3. The Hall–Kier alpha value is -5.84. The largest absolute Gasteiger partial charge is 0.506 e. The lowest BCUT2D eigenvalue weighted by molar-refractivity contribution is -0.169. The quantitative estimate of drug-likeness (QED) is 0.0564. The molecule has 0 radical (unpaired) electrons. The minimum atomic E-state index is -3.55. The number of likely N-dealkylation sites (N-methyl/N-ethyl adjacent to an activating group) is 1. The molecule has 1 fully saturated rings. The van der Waals surface area contributed by atoms with E-state index in [1.54, 1.807) is 60.7 Å². The van der Waals surface area contributed by atoms with Crippen LogP contribution in [-0.2, 0) is 36.4 Å². The summed E-state index contributed by atoms with van der Waals surface area (Å²) in [5.74, 6) is -0.841. The molecule has 2 amide bonds. The van der Waals surface area contributed by atoms with Gasteiger partial charge in [-0.25, -0.2) is 22.7 Å². The highest BCUT2D eigenvalue weighted by molar-refractivity contribution is 7.90. The van der Waals surface area contributed by atoms with Crippen molar-refractivity contribution in [2.45, 2.75) is 61.0 Å². The summed E-state index contributed by atoms with van der Waals surface area (Å²) in [6.07, 6.45) is 0.933. The van der Waals surface area contributed by atoms with Gasteiger partial charge in [-0.15, -0.1) is 22.7 Å². The molecule has 0 unspecified atom stereocenters. The summed E-state index contributed by atoms with van der Waals surface area (Å²) < 4.78 is 41.0. The maximum absolute atomic E-state index is 13.3. The van der Waals surface area contributed by atoms with Crippen LogP contribution in [0.5, 0.6) is 11.5 Å². The molecule has 0 spiro atoms. The molecule has 2 aliphatic rings. The van der Waals surface area contributed by atoms with Crippen molar-refractivity contribution in [3.63, 3.8) is 0 Å². The summed E-state index contributed by atoms with van der Waals surface area (Å²) in [5, 5.41) is 42.9. The first kappa shape index (κ1) is 49.1. The number of aliphatic hydroxyl groups excluding tert-OH is 1. The van der Waals surface area contributed by atoms with Crippen molar-refractivity contribution in [2.24, 2.45) is 0 Å². The summed E-state index contributed by atoms with van der Waals surface area (Å²) in [4.78, 5) is 54.6. The molecule has 7 N–H and O–H groups in total. The van der Waals surface area contributed by atoms with Crippen LogP contribution in [0, 0.1) is 0 Å². The number of pyridine rings is 1. The number of carbonyl (C=O) groups is 3. The molecule has 8 rings (SSSR count). The number of nitrogens with one attached hydrogen (secondary N) is 4. The Morgan fingerprint density at radius 2 is 1.67 bits per heavy atom. The van der Waals surface area contributed by atoms with Crippen molar-refractivity contribution < 1.29 is 52.3 Å². The van der Waals surface area contributed by atoms with Gasteiger partial charge in [0.05, 0.1) is 44.8 Å². The summed E-state index contributed by atoms with van der Waals surface area (Å²) in [6.45, 7) is 1.05. The number of ether oxygens (including phenoxy) is 3. The number of rotatable bonds is 15. The number of H-pyrrole nitrogens is 1. The second-order valence-electron chi connectivity index (χ2n) is 15.7. The van der Waals surface area contributed by atoms with Gasteiger partial charge < -0.3 is 44.7 Å². The molecule has 1 saturated carbocycles. The molecule has 0 saturated heterocycles. The van der Waals surface area contributed by atoms with Crippen LogP contribution in [0.2, 0.25) is 5.02 Å². The number of sulfonamides is 1. The van der Waals surface area contributed by atoms with Gasteiger partial charge in [0.15, 0.2) is 0 Å². The number of anilines is 1. The molecule has 21 heteroatoms. The number of aliphatic hydroxyl groups is 2. The maximum atomic E-state index is 13.3. The zero-order chi connectivity index (χ0) is 47.9. The predicted octanol–water partition coefficient (Wildman–Crippen LogP) is 6.23. The van der Waals surface area contributed by atoms with E-state index in [-0.39, 0.29) is 64.1 Å². The Bertz CT molecular complexity index is 2850. The van der Waals surface area contributed by atoms with Gasteiger partial charge in [-0.3, -0.25) is 14.9 Å². The van der Waals surface area contributed by atoms with Gasteiger partial charge in [0.2, 0.25) is 11.2 Å². The second-order valence-corrected chi connectivity index (χ2v) is 19.7. The summed E-state index contributed by atoms with van der Waals surface area (Å²) >= 11 is 9.16. The third kappa shape index (κ3) is 11.3. The number of thiophene rings is 2. The lowest BCUT2D eigenvalue weighted by Crippen LogP contribution is -2.42. The molecule has 4 heterocycles. The van der Waals surface area contributed by atoms with Crippen LogP contribution in [0.4, 0.5) is 10.5 Å². The van der Waals surface area contributed by atoms with Crippen LogP contribution < -0.4 is 25.7 Å². The first-order valence-electron chi connectivity index (χ1n) is 21.0. The van der Waals surface area contributed by atoms with Crippen LogP contribution >= 0.6 is 34.3 Å². The van der Waals surface area contributed by atoms with Crippen LogP contribution in [-0.4, -0.2) is 97.6 Å². The average molecular weight is 995 g/mol. The molecule has 6 aromatic rings. The van der Waals surface area contributed by atoms with Crippen molar-refractivity contribution in [3.05, 3.63) is 138 Å². The number of phenols is 1. The highest BCUT2D eigenvalue weighted by Crippen LogP contribution is 2.38. The van der Waals surface area contributed by atoms with E-state index in [1.165, 1.54) is 54.0 Å². The standard InChI is InChI=1S/C39H43ClN4O9S2.C7H5NO3S/c1-44(24-7-9-25(10-8-24)53-37(48)39(50,33-5-3-17-54-33)34-6-4-18-55-34)15-16-52-38(49)42-29-20-32(51-2)23(19-28(29)40)21-41-22-31(46)26-11-13-30(45)36-27(26)12-14-35(47)43-36;9-7-5-3-1-2-4-6(5)12(10,11)8-7/h3-6,11-14,17-20,24-25,31,41,45-46,50H,7-10,15-16,21-22H2,1-2H3,(H,42,49)(H,43,47);1-4H,(H,8,9)/t24?,25?,31-;/m0./s1. The normalized spacial score (nSPS) is 16.9. The minimum Gasteiger partial charge on any atom is -0.506 e. The first-order chi connectivity index (χ1) is 32.1. The van der Waals surface area contributed by atoms with Crippen molar-refractivity contribution in [1.29, 1.82) is 0 Å². The number of halogens is 1. The number of carbonyl (C=O) groups excluding carboxylic acids is 3. The number of aromatic amines is 1. The van der Waals surface area contributed by atoms with E-state index in [9.17, 15) is 42.9 Å². The molecule has 1 aliphatic heterocycles. The Morgan fingerprint density at radius 1 is 0.970 bits per heavy atom. The van der Waals surface area contributed by atoms with E-state index in [0.29, 0.717) is 57.1 Å². The molecule has 17 nitrogen and oxygen atoms in total. The summed E-state index contributed by atoms with van der Waals surface area (Å²) in [7, 11) is -0.0926. The number of nitrogens with zero attached hydrogens (tertiary/aromatic N) is 1. The molecule has 1 aliphatic carbocycles. The van der Waals surface area contributed by atoms with Gasteiger partial charge in [0.25, 0.3) is 15.9 Å². The Labute approximate surface area is 398 Å². The highest BCUT2D eigenvalue weighted by atomic mass is 35.5. The van der Waals surface area contributed by atoms with Crippen molar-refractivity contribution in [1.82, 2.24) is 19.9 Å². The second kappa shape index (κ2) is 21.4. The molecule has 3 aromatic heterocycles. The van der Waals surface area contributed by atoms with E-state index >= 15 is 0 Å². The zero-order valence-electron chi connectivity index (χ0n) is 36.2. The molecule has 3 aromatic carbocycles. The van der Waals surface area contributed by atoms with Gasteiger partial charge in [-0.1, -0.05) is 41.9 Å². The fourth-order valence-electron chi connectivity index (χ4n) is 7.89. The van der Waals surface area contributed by atoms with Crippen molar-refractivity contribution >= 4 is 78.9 Å². The van der Waals surface area contributed by atoms with Gasteiger partial charge in [-0.05, 0) is 91.5 Å². The minimum absolute atomic E-state index is 0.0648. The number of methoxy groups -OCH3 is 1. The van der Waals surface area contributed by atoms with E-state index in [1.807, 2.05) is 22.5 Å². The highest BCUT2D eigenvalue weighted by Gasteiger charge is 2.45. The summed E-state index contributed by atoms with van der Waals surface area (Å²) in [5.41, 5.74) is -0.191. The Kier molecular flexibility index (Phi) is 15.7. The van der Waals surface area contributed by atoms with Crippen molar-refractivity contribution in [2.75, 3.05) is 39.2 Å². The van der Waals surface area contributed by atoms with Crippen molar-refractivity contribution in [3.8, 4) is 11.5 Å². The topological polar surface area (TPSA) is 246 Å². The predicted molar refractivity (Wildman–Crippen MR) is 253 cm³/mol. The number of hydrogen-bond acceptors (Lipinski definition) is 16. The van der Waals surface area contributed by atoms with Gasteiger partial charge >= 0.3 is 12.1 Å². The van der Waals surface area contributed by atoms with E-state index in [4.69, 9.17) is 25.8 Å². The number of fused-ring (bicyclic) bond motifs is 2. The number of aromatic nitrogens is 1. The molecule has 0 bridgehead atoms. The average Bonchev–Trinajstić information content (AvgIpc) is 4.11. The van der Waals surface area contributed by atoms with E-state index in [2.05, 4.69) is 20.5 Å². The summed E-state index contributed by atoms with van der Waals surface area (Å²) in [6, 6.07) is 22.6. The zero-order valence-corrected chi connectivity index (χ0v) is 39.4. The number of aromatic hydroxyl groups is 1. The Morgan fingerprint density at radius 3 is 2.33 bits per heavy atom. The van der Waals surface area contributed by atoms with Crippen LogP contribution in [0.25, 0.3) is 10.9 Å². The van der Waals surface area contributed by atoms with Crippen LogP contribution in [0.1, 0.15) is 63.0 Å². The fraction of sp³-hybridized carbons (Fsp3) is 0.304. The number of esters is 1. The molecule has 1 atom stereocenters. The van der Waals surface area contributed by atoms with Gasteiger partial charge in [0, 0.05) is 48.8 Å². The van der Waals surface area contributed by atoms with Crippen LogP contribution in [0.15, 0.2) is 105 Å². The SMILES string of the molecule is COc1cc(NC(=O)OCCN(C)C2CCC(OC(=O)C(O)(c3cccs3)c3cccs3)CC2)c(Cl)cc1CNC[C@H](O)c1ccc(O)c2[nH]c(=O)ccc12.O=C1NS(=O)(=O)c2ccccc21. The number of amides is 2. The number of phenolic OH excluding ortho intramolecular Hbond substituents is 1.